The number of anilines is 2. The number of nitriles is 2. The fourth-order valence-corrected chi connectivity index (χ4v) is 2.88. The van der Waals surface area contributed by atoms with Crippen LogP contribution in [0.4, 0.5) is 11.4 Å². The van der Waals surface area contributed by atoms with Crippen molar-refractivity contribution in [3.05, 3.63) is 42.0 Å². The Hall–Kier alpha value is -3.91. The van der Waals surface area contributed by atoms with E-state index in [-0.39, 0.29) is 5.71 Å². The Morgan fingerprint density at radius 3 is 2.25 bits per heavy atom. The Bertz CT molecular complexity index is 1080. The lowest BCUT2D eigenvalue weighted by Crippen LogP contribution is -2.21. The molecule has 0 saturated carbocycles. The molecule has 28 heavy (non-hydrogen) atoms. The number of hydrogen-bond donors (Lipinski definition) is 1. The van der Waals surface area contributed by atoms with E-state index in [0.29, 0.717) is 11.2 Å². The third-order valence-electron chi connectivity index (χ3n) is 4.44. The van der Waals surface area contributed by atoms with Crippen molar-refractivity contribution in [3.8, 4) is 17.8 Å². The summed E-state index contributed by atoms with van der Waals surface area (Å²) < 4.78 is 0. The largest absolute Gasteiger partial charge is 0.372 e. The van der Waals surface area contributed by atoms with Gasteiger partial charge in [0.15, 0.2) is 0 Å². The van der Waals surface area contributed by atoms with Crippen LogP contribution in [0.15, 0.2) is 41.5 Å². The first kappa shape index (κ1) is 18.9. The Morgan fingerprint density at radius 2 is 1.68 bits per heavy atom. The number of nitrogens with one attached hydrogen (secondary N) is 1. The number of fused-ring (bicyclic) bond motifs is 1. The van der Waals surface area contributed by atoms with Gasteiger partial charge in [0.2, 0.25) is 5.71 Å². The number of hydrazone groups is 1. The van der Waals surface area contributed by atoms with E-state index in [0.717, 1.165) is 35.5 Å². The van der Waals surface area contributed by atoms with Gasteiger partial charge in [0, 0.05) is 18.8 Å². The molecule has 0 bridgehead atoms. The van der Waals surface area contributed by atoms with Crippen molar-refractivity contribution >= 4 is 28.1 Å². The maximum absolute atomic E-state index is 8.79. The van der Waals surface area contributed by atoms with Crippen molar-refractivity contribution in [3.63, 3.8) is 0 Å². The van der Waals surface area contributed by atoms with Crippen molar-refractivity contribution < 1.29 is 0 Å². The molecule has 0 radical (unpaired) electrons. The van der Waals surface area contributed by atoms with E-state index in [1.165, 1.54) is 0 Å². The first-order valence-corrected chi connectivity index (χ1v) is 8.96. The molecule has 0 saturated heterocycles. The summed E-state index contributed by atoms with van der Waals surface area (Å²) in [6.45, 7) is 8.07. The topological polar surface area (TPSA) is 106 Å². The van der Waals surface area contributed by atoms with Crippen molar-refractivity contribution in [2.45, 2.75) is 20.8 Å². The predicted molar refractivity (Wildman–Crippen MR) is 109 cm³/mol. The summed E-state index contributed by atoms with van der Waals surface area (Å²) in [6, 6.07) is 15.2. The van der Waals surface area contributed by atoms with Gasteiger partial charge >= 0.3 is 0 Å². The molecule has 0 amide bonds. The van der Waals surface area contributed by atoms with E-state index in [1.807, 2.05) is 25.1 Å². The summed E-state index contributed by atoms with van der Waals surface area (Å²) >= 11 is 0. The van der Waals surface area contributed by atoms with E-state index in [2.05, 4.69) is 51.6 Å². The third kappa shape index (κ3) is 3.76. The summed E-state index contributed by atoms with van der Waals surface area (Å²) in [6.07, 6.45) is 0. The maximum atomic E-state index is 8.79. The molecule has 0 atom stereocenters. The molecule has 2 aromatic carbocycles. The number of rotatable bonds is 6. The van der Waals surface area contributed by atoms with Crippen LogP contribution >= 0.6 is 0 Å². The van der Waals surface area contributed by atoms with E-state index in [9.17, 15) is 0 Å². The Kier molecular flexibility index (Phi) is 5.52. The average molecular weight is 372 g/mol. The molecule has 0 aliphatic rings. The first-order valence-electron chi connectivity index (χ1n) is 8.96. The molecule has 3 rings (SSSR count). The molecule has 1 N–H and O–H groups in total. The zero-order valence-electron chi connectivity index (χ0n) is 16.0. The molecule has 140 valence electrons. The van der Waals surface area contributed by atoms with E-state index < -0.39 is 0 Å². The summed E-state index contributed by atoms with van der Waals surface area (Å²) in [4.78, 5) is 3.87. The van der Waals surface area contributed by atoms with Crippen LogP contribution in [-0.4, -0.2) is 33.8 Å². The molecule has 8 heteroatoms. The number of hydrogen-bond acceptors (Lipinski definition) is 7. The third-order valence-corrected chi connectivity index (χ3v) is 4.44. The fourth-order valence-electron chi connectivity index (χ4n) is 2.88. The van der Waals surface area contributed by atoms with Crippen LogP contribution in [-0.2, 0) is 0 Å². The van der Waals surface area contributed by atoms with Crippen molar-refractivity contribution in [1.29, 1.82) is 10.5 Å². The molecule has 0 fully saturated rings. The highest BCUT2D eigenvalue weighted by Gasteiger charge is 2.09. The zero-order valence-corrected chi connectivity index (χ0v) is 16.0. The average Bonchev–Trinajstić information content (AvgIpc) is 3.13. The summed E-state index contributed by atoms with van der Waals surface area (Å²) in [5.41, 5.74) is 7.53. The van der Waals surface area contributed by atoms with Gasteiger partial charge in [-0.3, -0.25) is 5.43 Å². The molecule has 0 unspecified atom stereocenters. The lowest BCUT2D eigenvalue weighted by molar-refractivity contribution is 0.765. The van der Waals surface area contributed by atoms with Gasteiger partial charge in [0.1, 0.15) is 23.2 Å². The van der Waals surface area contributed by atoms with Crippen molar-refractivity contribution in [2.24, 2.45) is 5.10 Å². The Balaban J connectivity index is 1.91. The highest BCUT2D eigenvalue weighted by atomic mass is 15.5. The van der Waals surface area contributed by atoms with Gasteiger partial charge < -0.3 is 4.90 Å². The minimum absolute atomic E-state index is 0.239. The van der Waals surface area contributed by atoms with Crippen LogP contribution in [0.5, 0.6) is 0 Å². The number of nitrogens with zero attached hydrogens (tertiary/aromatic N) is 7. The second kappa shape index (κ2) is 8.19. The highest BCUT2D eigenvalue weighted by molar-refractivity contribution is 6.10. The van der Waals surface area contributed by atoms with Crippen LogP contribution in [0, 0.1) is 29.6 Å². The SMILES string of the molecule is CCN(CC)c1ccc(-n2nc3cc(C)c(NN=C(C#N)C#N)cc3n2)cc1. The van der Waals surface area contributed by atoms with Crippen LogP contribution < -0.4 is 10.3 Å². The molecule has 1 heterocycles. The molecule has 0 aliphatic carbocycles. The van der Waals surface area contributed by atoms with E-state index in [4.69, 9.17) is 10.5 Å². The monoisotopic (exact) mass is 372 g/mol. The molecular formula is C20H20N8. The van der Waals surface area contributed by atoms with Gasteiger partial charge in [0.05, 0.1) is 11.4 Å². The molecule has 0 aliphatic heterocycles. The Labute approximate surface area is 163 Å². The molecule has 0 spiro atoms. The second-order valence-electron chi connectivity index (χ2n) is 6.13. The summed E-state index contributed by atoms with van der Waals surface area (Å²) in [7, 11) is 0. The minimum Gasteiger partial charge on any atom is -0.372 e. The van der Waals surface area contributed by atoms with E-state index in [1.54, 1.807) is 23.0 Å². The normalized spacial score (nSPS) is 10.2. The summed E-state index contributed by atoms with van der Waals surface area (Å²) in [5.74, 6) is 0. The second-order valence-corrected chi connectivity index (χ2v) is 6.13. The zero-order chi connectivity index (χ0) is 20.1. The van der Waals surface area contributed by atoms with Crippen LogP contribution in [0.2, 0.25) is 0 Å². The molecule has 3 aromatic rings. The van der Waals surface area contributed by atoms with Crippen LogP contribution in [0.1, 0.15) is 19.4 Å². The first-order chi connectivity index (χ1) is 13.6. The van der Waals surface area contributed by atoms with Gasteiger partial charge in [-0.25, -0.2) is 0 Å². The van der Waals surface area contributed by atoms with Gasteiger partial charge in [-0.15, -0.1) is 10.2 Å². The van der Waals surface area contributed by atoms with Gasteiger partial charge in [-0.05, 0) is 62.7 Å². The van der Waals surface area contributed by atoms with Gasteiger partial charge in [-0.1, -0.05) is 0 Å². The fraction of sp³-hybridized carbons (Fsp3) is 0.250. The summed E-state index contributed by atoms with van der Waals surface area (Å²) in [5, 5.41) is 30.5. The lowest BCUT2D eigenvalue weighted by atomic mass is 10.2. The van der Waals surface area contributed by atoms with Gasteiger partial charge in [-0.2, -0.15) is 20.4 Å². The van der Waals surface area contributed by atoms with Crippen LogP contribution in [0.25, 0.3) is 16.7 Å². The highest BCUT2D eigenvalue weighted by Crippen LogP contribution is 2.23. The van der Waals surface area contributed by atoms with Crippen molar-refractivity contribution in [2.75, 3.05) is 23.4 Å². The maximum Gasteiger partial charge on any atom is 0.237 e. The van der Waals surface area contributed by atoms with Gasteiger partial charge in [0.25, 0.3) is 0 Å². The molecular weight excluding hydrogens is 352 g/mol. The minimum atomic E-state index is -0.239. The van der Waals surface area contributed by atoms with Crippen LogP contribution in [0.3, 0.4) is 0 Å². The number of aromatic nitrogens is 3. The smallest absolute Gasteiger partial charge is 0.237 e. The predicted octanol–water partition coefficient (Wildman–Crippen LogP) is 3.39. The Morgan fingerprint density at radius 1 is 1.07 bits per heavy atom. The van der Waals surface area contributed by atoms with Crippen molar-refractivity contribution in [1.82, 2.24) is 15.0 Å². The number of benzene rings is 2. The number of aryl methyl sites for hydroxylation is 1. The molecule has 8 nitrogen and oxygen atoms in total. The lowest BCUT2D eigenvalue weighted by Gasteiger charge is -2.20. The molecule has 1 aromatic heterocycles. The standard InChI is InChI=1S/C20H20N8/c1-4-27(5-2)16-6-8-17(9-7-16)28-25-19-10-14(3)18(11-20(19)26-28)24-23-15(12-21)13-22/h6-11,24H,4-5H2,1-3H3. The van der Waals surface area contributed by atoms with E-state index >= 15 is 0 Å². The quantitative estimate of drug-likeness (QED) is 0.525.